The standard InChI is InChI=1S/C19H24O3/c1-18-8-7-12(20)9-11(18)3-4-13-14-5-6-16(22)19(14,2)10-15(21)17(13)18/h7-8,11,13-14,17H,3-6,9-10H2,1-2H3/t11-,13-,14-,17+,18+,19-/m0/s1. The minimum Gasteiger partial charge on any atom is -0.299 e. The molecule has 3 nitrogen and oxygen atoms in total. The maximum atomic E-state index is 13.0. The fourth-order valence-corrected chi connectivity index (χ4v) is 6.24. The van der Waals surface area contributed by atoms with E-state index < -0.39 is 5.41 Å². The van der Waals surface area contributed by atoms with Crippen molar-refractivity contribution in [1.82, 2.24) is 0 Å². The van der Waals surface area contributed by atoms with Gasteiger partial charge in [-0.05, 0) is 48.5 Å². The van der Waals surface area contributed by atoms with Gasteiger partial charge in [0.2, 0.25) is 0 Å². The Hall–Kier alpha value is -1.25. The van der Waals surface area contributed by atoms with Gasteiger partial charge in [-0.15, -0.1) is 0 Å². The molecule has 0 radical (unpaired) electrons. The first-order valence-electron chi connectivity index (χ1n) is 8.64. The fourth-order valence-electron chi connectivity index (χ4n) is 6.24. The molecule has 22 heavy (non-hydrogen) atoms. The van der Waals surface area contributed by atoms with Crippen LogP contribution in [-0.4, -0.2) is 17.3 Å². The molecule has 118 valence electrons. The SMILES string of the molecule is C[C@@]12C=CC(=O)C[C@@H]1CC[C@@H]1[C@@H]2C(=O)C[C@]2(C)C(=O)CC[C@@H]12. The largest absolute Gasteiger partial charge is 0.299 e. The normalized spacial score (nSPS) is 50.5. The Balaban J connectivity index is 1.77. The van der Waals surface area contributed by atoms with E-state index in [1.807, 2.05) is 13.0 Å². The maximum absolute atomic E-state index is 13.0. The van der Waals surface area contributed by atoms with Crippen LogP contribution in [0.4, 0.5) is 0 Å². The van der Waals surface area contributed by atoms with Gasteiger partial charge in [0.25, 0.3) is 0 Å². The molecule has 0 unspecified atom stereocenters. The zero-order valence-corrected chi connectivity index (χ0v) is 13.4. The van der Waals surface area contributed by atoms with E-state index in [1.165, 1.54) is 0 Å². The third kappa shape index (κ3) is 1.65. The van der Waals surface area contributed by atoms with Crippen molar-refractivity contribution in [3.63, 3.8) is 0 Å². The highest BCUT2D eigenvalue weighted by atomic mass is 16.1. The third-order valence-corrected chi connectivity index (χ3v) is 7.45. The Morgan fingerprint density at radius 1 is 1.09 bits per heavy atom. The van der Waals surface area contributed by atoms with Crippen molar-refractivity contribution in [2.75, 3.05) is 0 Å². The van der Waals surface area contributed by atoms with Gasteiger partial charge in [0.05, 0.1) is 0 Å². The quantitative estimate of drug-likeness (QED) is 0.690. The first-order valence-corrected chi connectivity index (χ1v) is 8.64. The molecule has 3 fully saturated rings. The Kier molecular flexibility index (Phi) is 2.87. The number of carbonyl (C=O) groups excluding carboxylic acids is 3. The summed E-state index contributed by atoms with van der Waals surface area (Å²) in [5.41, 5.74) is -0.587. The van der Waals surface area contributed by atoms with Crippen LogP contribution in [0, 0.1) is 34.5 Å². The number of rotatable bonds is 0. The van der Waals surface area contributed by atoms with Crippen molar-refractivity contribution in [1.29, 1.82) is 0 Å². The summed E-state index contributed by atoms with van der Waals surface area (Å²) >= 11 is 0. The highest BCUT2D eigenvalue weighted by Crippen LogP contribution is 2.63. The van der Waals surface area contributed by atoms with Gasteiger partial charge in [0.1, 0.15) is 11.6 Å². The summed E-state index contributed by atoms with van der Waals surface area (Å²) in [5.74, 6) is 1.78. The second kappa shape index (κ2) is 4.39. The molecule has 0 bridgehead atoms. The number of hydrogen-bond donors (Lipinski definition) is 0. The molecule has 0 aromatic carbocycles. The summed E-state index contributed by atoms with van der Waals surface area (Å²) in [5, 5.41) is 0. The molecule has 0 saturated heterocycles. The summed E-state index contributed by atoms with van der Waals surface area (Å²) in [6, 6.07) is 0. The molecular formula is C19H24O3. The lowest BCUT2D eigenvalue weighted by Crippen LogP contribution is -2.56. The number of carbonyl (C=O) groups is 3. The van der Waals surface area contributed by atoms with E-state index in [0.29, 0.717) is 42.8 Å². The Labute approximate surface area is 131 Å². The highest BCUT2D eigenvalue weighted by molar-refractivity contribution is 5.96. The zero-order chi connectivity index (χ0) is 15.7. The summed E-state index contributed by atoms with van der Waals surface area (Å²) < 4.78 is 0. The van der Waals surface area contributed by atoms with Gasteiger partial charge in [-0.2, -0.15) is 0 Å². The van der Waals surface area contributed by atoms with Gasteiger partial charge >= 0.3 is 0 Å². The van der Waals surface area contributed by atoms with E-state index >= 15 is 0 Å². The molecule has 4 aliphatic rings. The van der Waals surface area contributed by atoms with Crippen molar-refractivity contribution < 1.29 is 14.4 Å². The van der Waals surface area contributed by atoms with E-state index in [-0.39, 0.29) is 22.9 Å². The van der Waals surface area contributed by atoms with Gasteiger partial charge in [0.15, 0.2) is 5.78 Å². The van der Waals surface area contributed by atoms with Crippen molar-refractivity contribution in [3.8, 4) is 0 Å². The summed E-state index contributed by atoms with van der Waals surface area (Å²) in [7, 11) is 0. The van der Waals surface area contributed by atoms with Crippen LogP contribution in [0.25, 0.3) is 0 Å². The maximum Gasteiger partial charge on any atom is 0.155 e. The van der Waals surface area contributed by atoms with E-state index in [9.17, 15) is 14.4 Å². The van der Waals surface area contributed by atoms with Crippen LogP contribution < -0.4 is 0 Å². The zero-order valence-electron chi connectivity index (χ0n) is 13.4. The van der Waals surface area contributed by atoms with Gasteiger partial charge in [-0.3, -0.25) is 14.4 Å². The number of fused-ring (bicyclic) bond motifs is 5. The average molecular weight is 300 g/mol. The highest BCUT2D eigenvalue weighted by Gasteiger charge is 2.62. The first kappa shape index (κ1) is 14.3. The van der Waals surface area contributed by atoms with Gasteiger partial charge in [0, 0.05) is 30.6 Å². The second-order valence-corrected chi connectivity index (χ2v) is 8.41. The van der Waals surface area contributed by atoms with Gasteiger partial charge in [-0.25, -0.2) is 0 Å². The van der Waals surface area contributed by atoms with E-state index in [1.54, 1.807) is 6.08 Å². The molecule has 0 spiro atoms. The lowest BCUT2D eigenvalue weighted by Gasteiger charge is -2.56. The monoisotopic (exact) mass is 300 g/mol. The molecule has 0 amide bonds. The minimum absolute atomic E-state index is 0.0135. The molecule has 6 atom stereocenters. The van der Waals surface area contributed by atoms with E-state index in [4.69, 9.17) is 0 Å². The van der Waals surface area contributed by atoms with Crippen molar-refractivity contribution >= 4 is 17.3 Å². The van der Waals surface area contributed by atoms with E-state index in [2.05, 4.69) is 6.92 Å². The number of Topliss-reactive ketones (excluding diaryl/α,β-unsaturated/α-hetero) is 2. The lowest BCUT2D eigenvalue weighted by molar-refractivity contribution is -0.154. The van der Waals surface area contributed by atoms with Crippen LogP contribution in [0.1, 0.15) is 52.4 Å². The van der Waals surface area contributed by atoms with Crippen LogP contribution in [0.5, 0.6) is 0 Å². The van der Waals surface area contributed by atoms with Crippen molar-refractivity contribution in [2.45, 2.75) is 52.4 Å². The van der Waals surface area contributed by atoms with Gasteiger partial charge < -0.3 is 0 Å². The van der Waals surface area contributed by atoms with Crippen LogP contribution in [0.2, 0.25) is 0 Å². The molecule has 3 saturated carbocycles. The Morgan fingerprint density at radius 2 is 1.86 bits per heavy atom. The molecule has 3 heteroatoms. The van der Waals surface area contributed by atoms with Crippen molar-refractivity contribution in [2.24, 2.45) is 34.5 Å². The average Bonchev–Trinajstić information content (AvgIpc) is 2.75. The number of hydrogen-bond acceptors (Lipinski definition) is 3. The van der Waals surface area contributed by atoms with Crippen molar-refractivity contribution in [3.05, 3.63) is 12.2 Å². The van der Waals surface area contributed by atoms with Gasteiger partial charge in [-0.1, -0.05) is 19.9 Å². The third-order valence-electron chi connectivity index (χ3n) is 7.45. The van der Waals surface area contributed by atoms with Crippen LogP contribution >= 0.6 is 0 Å². The Bertz CT molecular complexity index is 604. The molecule has 4 rings (SSSR count). The van der Waals surface area contributed by atoms with Crippen LogP contribution in [0.15, 0.2) is 12.2 Å². The van der Waals surface area contributed by atoms with Crippen LogP contribution in [-0.2, 0) is 14.4 Å². The molecule has 0 aromatic heterocycles. The second-order valence-electron chi connectivity index (χ2n) is 8.41. The summed E-state index contributed by atoms with van der Waals surface area (Å²) in [4.78, 5) is 37.1. The molecule has 4 aliphatic carbocycles. The topological polar surface area (TPSA) is 51.2 Å². The predicted octanol–water partition coefficient (Wildman–Crippen LogP) is 3.12. The van der Waals surface area contributed by atoms with E-state index in [0.717, 1.165) is 19.3 Å². The predicted molar refractivity (Wildman–Crippen MR) is 82.0 cm³/mol. The fraction of sp³-hybridized carbons (Fsp3) is 0.737. The number of allylic oxidation sites excluding steroid dienone is 2. The molecule has 0 N–H and O–H groups in total. The Morgan fingerprint density at radius 3 is 2.64 bits per heavy atom. The smallest absolute Gasteiger partial charge is 0.155 e. The lowest BCUT2D eigenvalue weighted by atomic mass is 9.46. The minimum atomic E-state index is -0.407. The first-order chi connectivity index (χ1) is 10.4. The molecule has 0 heterocycles. The molecule has 0 aromatic rings. The summed E-state index contributed by atoms with van der Waals surface area (Å²) in [6.07, 6.45) is 8.34. The molecular weight excluding hydrogens is 276 g/mol. The molecule has 0 aliphatic heterocycles. The number of ketones is 3. The van der Waals surface area contributed by atoms with Crippen LogP contribution in [0.3, 0.4) is 0 Å². The summed E-state index contributed by atoms with van der Waals surface area (Å²) in [6.45, 7) is 4.20.